The second kappa shape index (κ2) is 6.73. The highest BCUT2D eigenvalue weighted by Crippen LogP contribution is 2.25. The van der Waals surface area contributed by atoms with E-state index in [1.54, 1.807) is 29.8 Å². The molecule has 0 bridgehead atoms. The summed E-state index contributed by atoms with van der Waals surface area (Å²) in [7, 11) is 1.63. The third-order valence-corrected chi connectivity index (χ3v) is 4.06. The van der Waals surface area contributed by atoms with Gasteiger partial charge < -0.3 is 4.74 Å². The molecule has 0 fully saturated rings. The molecule has 0 N–H and O–H groups in total. The van der Waals surface area contributed by atoms with E-state index in [0.29, 0.717) is 24.6 Å². The van der Waals surface area contributed by atoms with E-state index in [1.807, 2.05) is 0 Å². The molecule has 18 heavy (non-hydrogen) atoms. The van der Waals surface area contributed by atoms with Crippen LogP contribution in [-0.4, -0.2) is 39.8 Å². The molecule has 0 aromatic carbocycles. The summed E-state index contributed by atoms with van der Waals surface area (Å²) < 4.78 is 7.54. The molecule has 0 unspecified atom stereocenters. The zero-order chi connectivity index (χ0) is 13.8. The predicted molar refractivity (Wildman–Crippen MR) is 78.3 cm³/mol. The van der Waals surface area contributed by atoms with Crippen LogP contribution in [0.2, 0.25) is 0 Å². The van der Waals surface area contributed by atoms with Gasteiger partial charge in [-0.25, -0.2) is 0 Å². The SMILES string of the molecule is COCCn1ncc(Br)c1C(=O)CSC(C)(C)C. The molecule has 0 atom stereocenters. The lowest BCUT2D eigenvalue weighted by Gasteiger charge is -2.17. The van der Waals surface area contributed by atoms with E-state index in [4.69, 9.17) is 4.74 Å². The fourth-order valence-electron chi connectivity index (χ4n) is 1.34. The Bertz CT molecular complexity index is 413. The number of methoxy groups -OCH3 is 1. The van der Waals surface area contributed by atoms with E-state index in [2.05, 4.69) is 41.8 Å². The van der Waals surface area contributed by atoms with E-state index in [1.165, 1.54) is 0 Å². The van der Waals surface area contributed by atoms with Gasteiger partial charge >= 0.3 is 0 Å². The van der Waals surface area contributed by atoms with Gasteiger partial charge in [-0.1, -0.05) is 20.8 Å². The minimum Gasteiger partial charge on any atom is -0.383 e. The number of hydrogen-bond acceptors (Lipinski definition) is 4. The number of carbonyl (C=O) groups excluding carboxylic acids is 1. The second-order valence-electron chi connectivity index (χ2n) is 4.88. The molecule has 0 saturated carbocycles. The molecule has 1 aromatic rings. The number of thioether (sulfide) groups is 1. The largest absolute Gasteiger partial charge is 0.383 e. The quantitative estimate of drug-likeness (QED) is 0.750. The number of hydrogen-bond donors (Lipinski definition) is 0. The molecule has 0 radical (unpaired) electrons. The summed E-state index contributed by atoms with van der Waals surface area (Å²) in [5, 5.41) is 4.18. The maximum atomic E-state index is 12.2. The Hall–Kier alpha value is -0.330. The van der Waals surface area contributed by atoms with Crippen LogP contribution in [0.25, 0.3) is 0 Å². The zero-order valence-electron chi connectivity index (χ0n) is 11.2. The van der Waals surface area contributed by atoms with Gasteiger partial charge in [-0.2, -0.15) is 5.10 Å². The molecule has 0 aliphatic rings. The number of nitrogens with zero attached hydrogens (tertiary/aromatic N) is 2. The highest BCUT2D eigenvalue weighted by molar-refractivity contribution is 9.10. The molecule has 0 spiro atoms. The van der Waals surface area contributed by atoms with Crippen molar-refractivity contribution in [2.75, 3.05) is 19.5 Å². The van der Waals surface area contributed by atoms with Gasteiger partial charge in [0.25, 0.3) is 0 Å². The standard InChI is InChI=1S/C12H19BrN2O2S/c1-12(2,3)18-8-10(16)11-9(13)7-14-15(11)5-6-17-4/h7H,5-6,8H2,1-4H3. The summed E-state index contributed by atoms with van der Waals surface area (Å²) in [6, 6.07) is 0. The molecule has 0 aliphatic heterocycles. The van der Waals surface area contributed by atoms with Crippen molar-refractivity contribution >= 4 is 33.5 Å². The summed E-state index contributed by atoms with van der Waals surface area (Å²) in [4.78, 5) is 12.2. The number of ketones is 1. The van der Waals surface area contributed by atoms with E-state index in [0.717, 1.165) is 4.47 Å². The number of ether oxygens (including phenoxy) is 1. The topological polar surface area (TPSA) is 44.1 Å². The molecule has 6 heteroatoms. The van der Waals surface area contributed by atoms with Crippen LogP contribution in [-0.2, 0) is 11.3 Å². The molecule has 4 nitrogen and oxygen atoms in total. The Morgan fingerprint density at radius 3 is 2.78 bits per heavy atom. The monoisotopic (exact) mass is 334 g/mol. The normalized spacial score (nSPS) is 11.8. The first kappa shape index (κ1) is 15.7. The van der Waals surface area contributed by atoms with Gasteiger partial charge in [-0.15, -0.1) is 11.8 Å². The molecule has 0 aliphatic carbocycles. The Morgan fingerprint density at radius 1 is 1.56 bits per heavy atom. The smallest absolute Gasteiger partial charge is 0.191 e. The highest BCUT2D eigenvalue weighted by Gasteiger charge is 2.20. The Labute approximate surface area is 121 Å². The van der Waals surface area contributed by atoms with Gasteiger partial charge in [0.05, 0.1) is 29.6 Å². The summed E-state index contributed by atoms with van der Waals surface area (Å²) in [5.41, 5.74) is 0.629. The van der Waals surface area contributed by atoms with Gasteiger partial charge in [0, 0.05) is 11.9 Å². The maximum absolute atomic E-state index is 12.2. The van der Waals surface area contributed by atoms with Crippen molar-refractivity contribution in [3.63, 3.8) is 0 Å². The summed E-state index contributed by atoms with van der Waals surface area (Å²) in [5.74, 6) is 0.552. The number of halogens is 1. The number of carbonyl (C=O) groups is 1. The Balaban J connectivity index is 2.75. The number of aromatic nitrogens is 2. The Morgan fingerprint density at radius 2 is 2.22 bits per heavy atom. The molecule has 1 heterocycles. The van der Waals surface area contributed by atoms with Crippen molar-refractivity contribution in [1.29, 1.82) is 0 Å². The van der Waals surface area contributed by atoms with Crippen molar-refractivity contribution in [3.05, 3.63) is 16.4 Å². The van der Waals surface area contributed by atoms with Gasteiger partial charge in [0.15, 0.2) is 5.78 Å². The van der Waals surface area contributed by atoms with Gasteiger partial charge in [-0.05, 0) is 15.9 Å². The molecule has 0 saturated heterocycles. The van der Waals surface area contributed by atoms with E-state index >= 15 is 0 Å². The first-order valence-electron chi connectivity index (χ1n) is 5.72. The minimum atomic E-state index is 0.0829. The lowest BCUT2D eigenvalue weighted by molar-refractivity contribution is 0.100. The van der Waals surface area contributed by atoms with Crippen LogP contribution in [0.1, 0.15) is 31.3 Å². The third-order valence-electron chi connectivity index (χ3n) is 2.20. The zero-order valence-corrected chi connectivity index (χ0v) is 13.6. The van der Waals surface area contributed by atoms with Crippen molar-refractivity contribution in [3.8, 4) is 0 Å². The van der Waals surface area contributed by atoms with Crippen LogP contribution < -0.4 is 0 Å². The first-order chi connectivity index (χ1) is 8.35. The third kappa shape index (κ3) is 4.74. The second-order valence-corrected chi connectivity index (χ2v) is 7.54. The van der Waals surface area contributed by atoms with E-state index < -0.39 is 0 Å². The lowest BCUT2D eigenvalue weighted by atomic mass is 10.3. The molecular formula is C12H19BrN2O2S. The lowest BCUT2D eigenvalue weighted by Crippen LogP contribution is -2.18. The molecule has 0 amide bonds. The first-order valence-corrected chi connectivity index (χ1v) is 7.50. The fraction of sp³-hybridized carbons (Fsp3) is 0.667. The van der Waals surface area contributed by atoms with Crippen molar-refractivity contribution in [1.82, 2.24) is 9.78 Å². The molecule has 1 aromatic heterocycles. The summed E-state index contributed by atoms with van der Waals surface area (Å²) in [6.45, 7) is 7.43. The van der Waals surface area contributed by atoms with Crippen LogP contribution >= 0.6 is 27.7 Å². The average Bonchev–Trinajstić information content (AvgIpc) is 2.64. The van der Waals surface area contributed by atoms with Crippen molar-refractivity contribution in [2.24, 2.45) is 0 Å². The van der Waals surface area contributed by atoms with Crippen LogP contribution in [0.4, 0.5) is 0 Å². The molecule has 102 valence electrons. The van der Waals surface area contributed by atoms with Crippen LogP contribution in [0.15, 0.2) is 10.7 Å². The van der Waals surface area contributed by atoms with Crippen LogP contribution in [0, 0.1) is 0 Å². The van der Waals surface area contributed by atoms with E-state index in [9.17, 15) is 4.79 Å². The minimum absolute atomic E-state index is 0.0829. The number of rotatable bonds is 6. The van der Waals surface area contributed by atoms with E-state index in [-0.39, 0.29) is 10.5 Å². The molecular weight excluding hydrogens is 316 g/mol. The van der Waals surface area contributed by atoms with Crippen molar-refractivity contribution in [2.45, 2.75) is 32.1 Å². The number of Topliss-reactive ketones (excluding diaryl/α,β-unsaturated/α-hetero) is 1. The van der Waals surface area contributed by atoms with Crippen molar-refractivity contribution < 1.29 is 9.53 Å². The van der Waals surface area contributed by atoms with Crippen LogP contribution in [0.5, 0.6) is 0 Å². The molecule has 1 rings (SSSR count). The van der Waals surface area contributed by atoms with Gasteiger partial charge in [-0.3, -0.25) is 9.48 Å². The average molecular weight is 335 g/mol. The van der Waals surface area contributed by atoms with Crippen LogP contribution in [0.3, 0.4) is 0 Å². The summed E-state index contributed by atoms with van der Waals surface area (Å²) >= 11 is 5.01. The maximum Gasteiger partial charge on any atom is 0.191 e. The fourth-order valence-corrected chi connectivity index (χ4v) is 2.56. The van der Waals surface area contributed by atoms with Gasteiger partial charge in [0.1, 0.15) is 5.69 Å². The van der Waals surface area contributed by atoms with Gasteiger partial charge in [0.2, 0.25) is 0 Å². The Kier molecular flexibility index (Phi) is 5.88. The summed E-state index contributed by atoms with van der Waals surface area (Å²) in [6.07, 6.45) is 1.66. The predicted octanol–water partition coefficient (Wildman–Crippen LogP) is 3.01. The highest BCUT2D eigenvalue weighted by atomic mass is 79.9.